The number of rotatable bonds is 14. The lowest BCUT2D eigenvalue weighted by Crippen LogP contribution is -2.42. The molecule has 2 heteroatoms. The summed E-state index contributed by atoms with van der Waals surface area (Å²) in [4.78, 5) is 0. The van der Waals surface area contributed by atoms with Crippen LogP contribution < -0.4 is 0 Å². The molecule has 1 aromatic rings. The van der Waals surface area contributed by atoms with Crippen molar-refractivity contribution in [2.75, 3.05) is 26.4 Å². The zero-order valence-electron chi connectivity index (χ0n) is 19.6. The summed E-state index contributed by atoms with van der Waals surface area (Å²) >= 11 is 0. The van der Waals surface area contributed by atoms with Crippen molar-refractivity contribution in [1.29, 1.82) is 0 Å². The van der Waals surface area contributed by atoms with Crippen molar-refractivity contribution in [3.63, 3.8) is 0 Å². The van der Waals surface area contributed by atoms with Gasteiger partial charge in [-0.05, 0) is 61.8 Å². The van der Waals surface area contributed by atoms with Crippen molar-refractivity contribution >= 4 is 0 Å². The molecule has 0 atom stereocenters. The van der Waals surface area contributed by atoms with E-state index < -0.39 is 0 Å². The Morgan fingerprint density at radius 3 is 1.90 bits per heavy atom. The lowest BCUT2D eigenvalue weighted by molar-refractivity contribution is -0.0718. The van der Waals surface area contributed by atoms with E-state index in [0.717, 1.165) is 51.6 Å². The summed E-state index contributed by atoms with van der Waals surface area (Å²) in [5.41, 5.74) is 1.60. The Bertz CT molecular complexity index is 501. The molecule has 0 amide bonds. The van der Waals surface area contributed by atoms with Crippen LogP contribution >= 0.6 is 0 Å². The Balaban J connectivity index is 2.08. The predicted octanol–water partition coefficient (Wildman–Crippen LogP) is 7.31. The van der Waals surface area contributed by atoms with E-state index in [1.807, 2.05) is 0 Å². The summed E-state index contributed by atoms with van der Waals surface area (Å²) in [6.45, 7) is 12.6. The molecule has 1 aliphatic carbocycles. The number of hydrogen-bond acceptors (Lipinski definition) is 2. The third-order valence-electron chi connectivity index (χ3n) is 6.68. The van der Waals surface area contributed by atoms with Gasteiger partial charge in [0, 0.05) is 18.6 Å². The van der Waals surface area contributed by atoms with Gasteiger partial charge in [0.1, 0.15) is 0 Å². The maximum Gasteiger partial charge on any atom is 0.0547 e. The normalized spacial score (nSPS) is 16.1. The minimum absolute atomic E-state index is 0.157. The monoisotopic (exact) mass is 402 g/mol. The Hall–Kier alpha value is -0.860. The number of benzene rings is 1. The van der Waals surface area contributed by atoms with E-state index in [1.165, 1.54) is 44.1 Å². The number of aryl methyl sites for hydroxylation is 1. The molecule has 0 saturated heterocycles. The SMILES string of the molecule is CC(C)CCOCC(CCc1ccccc1)(COCCC(C)C)C1CCCCC1. The summed E-state index contributed by atoms with van der Waals surface area (Å²) in [7, 11) is 0. The minimum atomic E-state index is 0.157. The molecule has 2 rings (SSSR count). The summed E-state index contributed by atoms with van der Waals surface area (Å²) in [5.74, 6) is 2.13. The molecule has 166 valence electrons. The van der Waals surface area contributed by atoms with Gasteiger partial charge < -0.3 is 9.47 Å². The van der Waals surface area contributed by atoms with Crippen LogP contribution in [0.1, 0.15) is 84.6 Å². The first-order chi connectivity index (χ1) is 14.0. The van der Waals surface area contributed by atoms with Gasteiger partial charge in [-0.25, -0.2) is 0 Å². The molecule has 1 aromatic carbocycles. The van der Waals surface area contributed by atoms with Crippen molar-refractivity contribution < 1.29 is 9.47 Å². The first-order valence-electron chi connectivity index (χ1n) is 12.2. The Morgan fingerprint density at radius 1 is 0.828 bits per heavy atom. The molecule has 0 bridgehead atoms. The van der Waals surface area contributed by atoms with Crippen LogP contribution in [0.4, 0.5) is 0 Å². The molecule has 0 N–H and O–H groups in total. The van der Waals surface area contributed by atoms with E-state index in [2.05, 4.69) is 58.0 Å². The van der Waals surface area contributed by atoms with E-state index >= 15 is 0 Å². The average molecular weight is 403 g/mol. The lowest BCUT2D eigenvalue weighted by Gasteiger charge is -2.43. The second-order valence-corrected chi connectivity index (χ2v) is 10.2. The molecule has 1 aliphatic rings. The zero-order chi connectivity index (χ0) is 21.0. The van der Waals surface area contributed by atoms with Gasteiger partial charge in [-0.15, -0.1) is 0 Å². The standard InChI is InChI=1S/C27H46O2/c1-23(2)16-19-28-21-27(22-29-20-17-24(3)4,26-13-9-6-10-14-26)18-15-25-11-7-5-8-12-25/h5,7-8,11-12,23-24,26H,6,9-10,13-22H2,1-4H3. The summed E-state index contributed by atoms with van der Waals surface area (Å²) < 4.78 is 12.7. The zero-order valence-corrected chi connectivity index (χ0v) is 19.6. The molecule has 0 aliphatic heterocycles. The van der Waals surface area contributed by atoms with Crippen molar-refractivity contribution in [3.05, 3.63) is 35.9 Å². The molecular weight excluding hydrogens is 356 g/mol. The molecule has 0 aromatic heterocycles. The van der Waals surface area contributed by atoms with Gasteiger partial charge in [-0.1, -0.05) is 77.3 Å². The van der Waals surface area contributed by atoms with Gasteiger partial charge in [0.25, 0.3) is 0 Å². The maximum absolute atomic E-state index is 6.35. The van der Waals surface area contributed by atoms with Crippen LogP contribution in [0.15, 0.2) is 30.3 Å². The van der Waals surface area contributed by atoms with Crippen LogP contribution in [0.3, 0.4) is 0 Å². The van der Waals surface area contributed by atoms with Crippen LogP contribution in [0.5, 0.6) is 0 Å². The third-order valence-corrected chi connectivity index (χ3v) is 6.68. The summed E-state index contributed by atoms with van der Waals surface area (Å²) in [5, 5.41) is 0. The average Bonchev–Trinajstić information content (AvgIpc) is 2.73. The topological polar surface area (TPSA) is 18.5 Å². The summed E-state index contributed by atoms with van der Waals surface area (Å²) in [6.07, 6.45) is 11.4. The fourth-order valence-electron chi connectivity index (χ4n) is 4.57. The third kappa shape index (κ3) is 9.22. The minimum Gasteiger partial charge on any atom is -0.381 e. The second-order valence-electron chi connectivity index (χ2n) is 10.2. The van der Waals surface area contributed by atoms with Gasteiger partial charge in [-0.2, -0.15) is 0 Å². The van der Waals surface area contributed by atoms with Gasteiger partial charge >= 0.3 is 0 Å². The van der Waals surface area contributed by atoms with E-state index in [9.17, 15) is 0 Å². The largest absolute Gasteiger partial charge is 0.381 e. The van der Waals surface area contributed by atoms with Crippen LogP contribution in [0.25, 0.3) is 0 Å². The lowest BCUT2D eigenvalue weighted by atomic mass is 9.66. The van der Waals surface area contributed by atoms with Crippen LogP contribution in [-0.4, -0.2) is 26.4 Å². The molecule has 0 spiro atoms. The quantitative estimate of drug-likeness (QED) is 0.304. The molecule has 0 unspecified atom stereocenters. The molecular formula is C27H46O2. The highest BCUT2D eigenvalue weighted by Gasteiger charge is 2.39. The molecule has 0 heterocycles. The highest BCUT2D eigenvalue weighted by atomic mass is 16.5. The first kappa shape index (κ1) is 24.4. The fourth-order valence-corrected chi connectivity index (χ4v) is 4.57. The van der Waals surface area contributed by atoms with E-state index in [1.54, 1.807) is 0 Å². The Morgan fingerprint density at radius 2 is 1.38 bits per heavy atom. The smallest absolute Gasteiger partial charge is 0.0547 e. The van der Waals surface area contributed by atoms with Crippen molar-refractivity contribution in [1.82, 2.24) is 0 Å². The second kappa shape index (κ2) is 13.4. The molecule has 29 heavy (non-hydrogen) atoms. The highest BCUT2D eigenvalue weighted by Crippen LogP contribution is 2.43. The van der Waals surface area contributed by atoms with E-state index in [0.29, 0.717) is 11.8 Å². The summed E-state index contributed by atoms with van der Waals surface area (Å²) in [6, 6.07) is 11.0. The van der Waals surface area contributed by atoms with Crippen LogP contribution in [0, 0.1) is 23.2 Å². The van der Waals surface area contributed by atoms with Gasteiger partial charge in [0.2, 0.25) is 0 Å². The Kier molecular flexibility index (Phi) is 11.3. The van der Waals surface area contributed by atoms with Gasteiger partial charge in [-0.3, -0.25) is 0 Å². The fraction of sp³-hybridized carbons (Fsp3) is 0.778. The van der Waals surface area contributed by atoms with Gasteiger partial charge in [0.15, 0.2) is 0 Å². The molecule has 2 nitrogen and oxygen atoms in total. The van der Waals surface area contributed by atoms with Gasteiger partial charge in [0.05, 0.1) is 13.2 Å². The maximum atomic E-state index is 6.35. The van der Waals surface area contributed by atoms with Crippen molar-refractivity contribution in [2.24, 2.45) is 23.2 Å². The highest BCUT2D eigenvalue weighted by molar-refractivity contribution is 5.15. The molecule has 0 radical (unpaired) electrons. The van der Waals surface area contributed by atoms with E-state index in [-0.39, 0.29) is 5.41 Å². The van der Waals surface area contributed by atoms with E-state index in [4.69, 9.17) is 9.47 Å². The van der Waals surface area contributed by atoms with Crippen LogP contribution in [-0.2, 0) is 15.9 Å². The predicted molar refractivity (Wildman–Crippen MR) is 124 cm³/mol. The number of ether oxygens (including phenoxy) is 2. The van der Waals surface area contributed by atoms with Crippen molar-refractivity contribution in [2.45, 2.75) is 85.5 Å². The Labute approximate surface area is 180 Å². The molecule has 1 fully saturated rings. The van der Waals surface area contributed by atoms with Crippen molar-refractivity contribution in [3.8, 4) is 0 Å². The van der Waals surface area contributed by atoms with Crippen LogP contribution in [0.2, 0.25) is 0 Å². The molecule has 1 saturated carbocycles. The number of hydrogen-bond donors (Lipinski definition) is 0. The first-order valence-corrected chi connectivity index (χ1v) is 12.2.